The van der Waals surface area contributed by atoms with E-state index in [9.17, 15) is 14.0 Å². The molecule has 2 aliphatic rings. The van der Waals surface area contributed by atoms with Crippen LogP contribution in [-0.4, -0.2) is 56.1 Å². The summed E-state index contributed by atoms with van der Waals surface area (Å²) in [4.78, 5) is 29.4. The largest absolute Gasteiger partial charge is 0.379 e. The number of carbonyl (C=O) groups is 2. The third kappa shape index (κ3) is 6.37. The number of amides is 2. The SMILES string of the molecule is O=C(Cc1cccc(N(Cc2ccc(F)cc2)C(=O)C2CC2)c1)NCCN1CCOCC1. The molecule has 32 heavy (non-hydrogen) atoms. The van der Waals surface area contributed by atoms with Crippen molar-refractivity contribution < 1.29 is 18.7 Å². The Bertz CT molecular complexity index is 924. The smallest absolute Gasteiger partial charge is 0.230 e. The molecule has 1 N–H and O–H groups in total. The van der Waals surface area contributed by atoms with Crippen molar-refractivity contribution in [2.24, 2.45) is 5.92 Å². The molecule has 4 rings (SSSR count). The van der Waals surface area contributed by atoms with Crippen LogP contribution >= 0.6 is 0 Å². The molecular formula is C25H30FN3O3. The molecule has 0 spiro atoms. The fourth-order valence-corrected chi connectivity index (χ4v) is 3.88. The number of hydrogen-bond donors (Lipinski definition) is 1. The number of ether oxygens (including phenoxy) is 1. The maximum absolute atomic E-state index is 13.3. The number of rotatable bonds is 9. The van der Waals surface area contributed by atoms with E-state index in [0.29, 0.717) is 13.1 Å². The van der Waals surface area contributed by atoms with Crippen LogP contribution < -0.4 is 10.2 Å². The Morgan fingerprint density at radius 1 is 1.06 bits per heavy atom. The molecule has 1 saturated heterocycles. The van der Waals surface area contributed by atoms with E-state index in [1.807, 2.05) is 24.3 Å². The normalized spacial score (nSPS) is 16.5. The van der Waals surface area contributed by atoms with Crippen LogP contribution in [0.2, 0.25) is 0 Å². The highest BCUT2D eigenvalue weighted by molar-refractivity contribution is 5.96. The zero-order valence-corrected chi connectivity index (χ0v) is 18.3. The number of anilines is 1. The lowest BCUT2D eigenvalue weighted by molar-refractivity contribution is -0.121. The van der Waals surface area contributed by atoms with E-state index >= 15 is 0 Å². The number of halogens is 1. The first-order valence-electron chi connectivity index (χ1n) is 11.3. The van der Waals surface area contributed by atoms with Crippen molar-refractivity contribution in [1.82, 2.24) is 10.2 Å². The Morgan fingerprint density at radius 3 is 2.53 bits per heavy atom. The van der Waals surface area contributed by atoms with Gasteiger partial charge in [0.05, 0.1) is 26.2 Å². The number of nitrogens with one attached hydrogen (secondary N) is 1. The van der Waals surface area contributed by atoms with Crippen molar-refractivity contribution in [2.75, 3.05) is 44.3 Å². The molecule has 1 heterocycles. The summed E-state index contributed by atoms with van der Waals surface area (Å²) in [7, 11) is 0. The predicted octanol–water partition coefficient (Wildman–Crippen LogP) is 2.76. The van der Waals surface area contributed by atoms with Gasteiger partial charge in [0.15, 0.2) is 0 Å². The van der Waals surface area contributed by atoms with Gasteiger partial charge in [-0.15, -0.1) is 0 Å². The summed E-state index contributed by atoms with van der Waals surface area (Å²) >= 11 is 0. The van der Waals surface area contributed by atoms with Crippen LogP contribution in [0.1, 0.15) is 24.0 Å². The molecule has 0 radical (unpaired) electrons. The van der Waals surface area contributed by atoms with E-state index in [1.165, 1.54) is 12.1 Å². The Morgan fingerprint density at radius 2 is 1.81 bits per heavy atom. The molecule has 1 aliphatic carbocycles. The van der Waals surface area contributed by atoms with Crippen LogP contribution in [0.5, 0.6) is 0 Å². The van der Waals surface area contributed by atoms with Crippen LogP contribution in [-0.2, 0) is 27.3 Å². The molecule has 7 heteroatoms. The van der Waals surface area contributed by atoms with Crippen molar-refractivity contribution in [2.45, 2.75) is 25.8 Å². The molecule has 0 atom stereocenters. The lowest BCUT2D eigenvalue weighted by atomic mass is 10.1. The van der Waals surface area contributed by atoms with Gasteiger partial charge in [0, 0.05) is 37.8 Å². The van der Waals surface area contributed by atoms with Crippen LogP contribution in [0.15, 0.2) is 48.5 Å². The van der Waals surface area contributed by atoms with Gasteiger partial charge in [0.2, 0.25) is 11.8 Å². The Labute approximate surface area is 188 Å². The maximum atomic E-state index is 13.3. The van der Waals surface area contributed by atoms with Gasteiger partial charge < -0.3 is 15.0 Å². The van der Waals surface area contributed by atoms with Gasteiger partial charge in [0.1, 0.15) is 5.82 Å². The fraction of sp³-hybridized carbons (Fsp3) is 0.440. The highest BCUT2D eigenvalue weighted by atomic mass is 19.1. The summed E-state index contributed by atoms with van der Waals surface area (Å²) in [6.45, 7) is 5.09. The zero-order chi connectivity index (χ0) is 22.3. The van der Waals surface area contributed by atoms with Crippen molar-refractivity contribution in [3.63, 3.8) is 0 Å². The van der Waals surface area contributed by atoms with Crippen LogP contribution in [0.3, 0.4) is 0 Å². The van der Waals surface area contributed by atoms with Gasteiger partial charge in [-0.1, -0.05) is 24.3 Å². The summed E-state index contributed by atoms with van der Waals surface area (Å²) in [5, 5.41) is 2.99. The monoisotopic (exact) mass is 439 g/mol. The van der Waals surface area contributed by atoms with E-state index < -0.39 is 0 Å². The van der Waals surface area contributed by atoms with Crippen LogP contribution in [0.25, 0.3) is 0 Å². The van der Waals surface area contributed by atoms with Crippen molar-refractivity contribution in [1.29, 1.82) is 0 Å². The van der Waals surface area contributed by atoms with Crippen LogP contribution in [0, 0.1) is 11.7 Å². The average Bonchev–Trinajstić information content (AvgIpc) is 3.65. The minimum absolute atomic E-state index is 0.0333. The molecule has 2 aromatic carbocycles. The van der Waals surface area contributed by atoms with Gasteiger partial charge in [0.25, 0.3) is 0 Å². The van der Waals surface area contributed by atoms with Crippen molar-refractivity contribution in [3.8, 4) is 0 Å². The quantitative estimate of drug-likeness (QED) is 0.653. The van der Waals surface area contributed by atoms with E-state index in [1.54, 1.807) is 17.0 Å². The zero-order valence-electron chi connectivity index (χ0n) is 18.3. The molecule has 6 nitrogen and oxygen atoms in total. The second kappa shape index (κ2) is 10.7. The Hall–Kier alpha value is -2.77. The highest BCUT2D eigenvalue weighted by Crippen LogP contribution is 2.33. The van der Waals surface area contributed by atoms with E-state index in [-0.39, 0.29) is 30.0 Å². The molecule has 2 aromatic rings. The molecule has 170 valence electrons. The third-order valence-corrected chi connectivity index (χ3v) is 5.89. The lowest BCUT2D eigenvalue weighted by Crippen LogP contribution is -2.41. The topological polar surface area (TPSA) is 61.9 Å². The fourth-order valence-electron chi connectivity index (χ4n) is 3.88. The Kier molecular flexibility index (Phi) is 7.50. The van der Waals surface area contributed by atoms with Crippen molar-refractivity contribution >= 4 is 17.5 Å². The summed E-state index contributed by atoms with van der Waals surface area (Å²) in [6.07, 6.45) is 2.08. The minimum Gasteiger partial charge on any atom is -0.379 e. The minimum atomic E-state index is -0.296. The standard InChI is InChI=1S/C25H30FN3O3/c26-22-8-4-19(5-9-22)18-29(25(31)21-6-7-21)23-3-1-2-20(16-23)17-24(30)27-10-11-28-12-14-32-15-13-28/h1-5,8-9,16,21H,6-7,10-15,17-18H2,(H,27,30). The second-order valence-corrected chi connectivity index (χ2v) is 8.48. The highest BCUT2D eigenvalue weighted by Gasteiger charge is 2.34. The third-order valence-electron chi connectivity index (χ3n) is 5.89. The number of morpholine rings is 1. The first-order chi connectivity index (χ1) is 15.6. The van der Waals surface area contributed by atoms with E-state index in [2.05, 4.69) is 10.2 Å². The van der Waals surface area contributed by atoms with Gasteiger partial charge in [-0.3, -0.25) is 14.5 Å². The number of hydrogen-bond acceptors (Lipinski definition) is 4. The number of carbonyl (C=O) groups excluding carboxylic acids is 2. The van der Waals surface area contributed by atoms with Gasteiger partial charge in [-0.25, -0.2) is 4.39 Å². The molecule has 0 bridgehead atoms. The van der Waals surface area contributed by atoms with Crippen molar-refractivity contribution in [3.05, 3.63) is 65.5 Å². The lowest BCUT2D eigenvalue weighted by Gasteiger charge is -2.26. The summed E-state index contributed by atoms with van der Waals surface area (Å²) < 4.78 is 18.6. The summed E-state index contributed by atoms with van der Waals surface area (Å²) in [5.41, 5.74) is 2.50. The number of benzene rings is 2. The van der Waals surface area contributed by atoms with Gasteiger partial charge in [-0.2, -0.15) is 0 Å². The predicted molar refractivity (Wildman–Crippen MR) is 121 cm³/mol. The molecule has 1 aliphatic heterocycles. The first-order valence-corrected chi connectivity index (χ1v) is 11.3. The Balaban J connectivity index is 1.37. The molecule has 2 fully saturated rings. The first kappa shape index (κ1) is 22.4. The summed E-state index contributed by atoms with van der Waals surface area (Å²) in [6, 6.07) is 13.8. The number of nitrogens with zero attached hydrogens (tertiary/aromatic N) is 2. The molecule has 2 amide bonds. The van der Waals surface area contributed by atoms with E-state index in [4.69, 9.17) is 4.74 Å². The molecule has 1 saturated carbocycles. The van der Waals surface area contributed by atoms with Gasteiger partial charge in [-0.05, 0) is 48.2 Å². The maximum Gasteiger partial charge on any atom is 0.230 e. The molecular weight excluding hydrogens is 409 g/mol. The van der Waals surface area contributed by atoms with Gasteiger partial charge >= 0.3 is 0 Å². The summed E-state index contributed by atoms with van der Waals surface area (Å²) in [5.74, 6) is -0.187. The van der Waals surface area contributed by atoms with E-state index in [0.717, 1.165) is 62.5 Å². The second-order valence-electron chi connectivity index (χ2n) is 8.48. The molecule has 0 aromatic heterocycles. The average molecular weight is 440 g/mol. The molecule has 0 unspecified atom stereocenters. The van der Waals surface area contributed by atoms with Crippen LogP contribution in [0.4, 0.5) is 10.1 Å².